The molecule has 2 aromatic carbocycles. The standard InChI is InChI=1S/C21H27F2NO/c22-21(23,20-13-7-4-8-14-20)18-25-16-10-2-1-9-15-24-17-19-11-5-3-6-12-19/h3-8,11-14,24H,1-2,9-10,15-18H2. The number of rotatable bonds is 12. The molecule has 0 aliphatic rings. The van der Waals surface area contributed by atoms with Crippen LogP contribution in [-0.4, -0.2) is 19.8 Å². The largest absolute Gasteiger partial charge is 0.375 e. The molecule has 0 unspecified atom stereocenters. The van der Waals surface area contributed by atoms with Crippen LogP contribution in [0.1, 0.15) is 36.8 Å². The first-order valence-corrected chi connectivity index (χ1v) is 8.94. The summed E-state index contributed by atoms with van der Waals surface area (Å²) in [5, 5.41) is 3.41. The molecule has 0 aliphatic heterocycles. The first-order chi connectivity index (χ1) is 12.2. The lowest BCUT2D eigenvalue weighted by Gasteiger charge is -2.16. The first kappa shape index (κ1) is 19.5. The fourth-order valence-corrected chi connectivity index (χ4v) is 2.60. The molecule has 0 bridgehead atoms. The van der Waals surface area contributed by atoms with Gasteiger partial charge in [-0.3, -0.25) is 0 Å². The molecule has 0 aromatic heterocycles. The third-order valence-corrected chi connectivity index (χ3v) is 4.04. The number of nitrogens with one attached hydrogen (secondary N) is 1. The number of halogens is 2. The molecule has 0 radical (unpaired) electrons. The molecule has 0 atom stereocenters. The van der Waals surface area contributed by atoms with E-state index < -0.39 is 12.5 Å². The SMILES string of the molecule is FC(F)(COCCCCCCNCc1ccccc1)c1ccccc1. The molecule has 2 rings (SSSR count). The maximum atomic E-state index is 13.9. The Bertz CT molecular complexity index is 575. The molecule has 4 heteroatoms. The van der Waals surface area contributed by atoms with Gasteiger partial charge in [0.05, 0.1) is 0 Å². The molecule has 136 valence electrons. The highest BCUT2D eigenvalue weighted by Gasteiger charge is 2.31. The smallest absolute Gasteiger partial charge is 0.296 e. The van der Waals surface area contributed by atoms with Crippen molar-refractivity contribution in [2.24, 2.45) is 0 Å². The van der Waals surface area contributed by atoms with Crippen molar-refractivity contribution in [1.82, 2.24) is 5.32 Å². The lowest BCUT2D eigenvalue weighted by atomic mass is 10.1. The van der Waals surface area contributed by atoms with Gasteiger partial charge in [-0.1, -0.05) is 73.5 Å². The molecular formula is C21H27F2NO. The fraction of sp³-hybridized carbons (Fsp3) is 0.429. The molecule has 0 spiro atoms. The third-order valence-electron chi connectivity index (χ3n) is 4.04. The Labute approximate surface area is 149 Å². The normalized spacial score (nSPS) is 11.6. The molecule has 0 saturated carbocycles. The second-order valence-electron chi connectivity index (χ2n) is 6.20. The average Bonchev–Trinajstić information content (AvgIpc) is 2.65. The van der Waals surface area contributed by atoms with Crippen molar-refractivity contribution in [2.75, 3.05) is 19.8 Å². The Kier molecular flexibility index (Phi) is 8.56. The molecule has 0 amide bonds. The summed E-state index contributed by atoms with van der Waals surface area (Å²) in [5.74, 6) is -2.91. The van der Waals surface area contributed by atoms with Gasteiger partial charge in [0.2, 0.25) is 0 Å². The minimum Gasteiger partial charge on any atom is -0.375 e. The van der Waals surface area contributed by atoms with Gasteiger partial charge < -0.3 is 10.1 Å². The van der Waals surface area contributed by atoms with E-state index in [1.165, 1.54) is 17.7 Å². The first-order valence-electron chi connectivity index (χ1n) is 8.94. The van der Waals surface area contributed by atoms with Gasteiger partial charge in [0.1, 0.15) is 6.61 Å². The van der Waals surface area contributed by atoms with Gasteiger partial charge in [-0.25, -0.2) is 0 Å². The van der Waals surface area contributed by atoms with Gasteiger partial charge in [-0.15, -0.1) is 0 Å². The van der Waals surface area contributed by atoms with Crippen molar-refractivity contribution in [3.05, 3.63) is 71.8 Å². The van der Waals surface area contributed by atoms with Gasteiger partial charge in [0, 0.05) is 18.7 Å². The summed E-state index contributed by atoms with van der Waals surface area (Å²) in [5.41, 5.74) is 1.30. The third kappa shape index (κ3) is 7.76. The molecule has 2 aromatic rings. The predicted molar refractivity (Wildman–Crippen MR) is 97.8 cm³/mol. The van der Waals surface area contributed by atoms with Gasteiger partial charge in [-0.2, -0.15) is 8.78 Å². The zero-order valence-electron chi connectivity index (χ0n) is 14.6. The summed E-state index contributed by atoms with van der Waals surface area (Å²) >= 11 is 0. The van der Waals surface area contributed by atoms with E-state index in [2.05, 4.69) is 17.4 Å². The number of hydrogen-bond donors (Lipinski definition) is 1. The Morgan fingerprint density at radius 1 is 0.800 bits per heavy atom. The van der Waals surface area contributed by atoms with Gasteiger partial charge in [-0.05, 0) is 24.9 Å². The van der Waals surface area contributed by atoms with E-state index in [0.29, 0.717) is 6.61 Å². The van der Waals surface area contributed by atoms with E-state index in [9.17, 15) is 8.78 Å². The van der Waals surface area contributed by atoms with E-state index in [-0.39, 0.29) is 5.56 Å². The lowest BCUT2D eigenvalue weighted by Crippen LogP contribution is -2.21. The van der Waals surface area contributed by atoms with E-state index in [0.717, 1.165) is 38.8 Å². The van der Waals surface area contributed by atoms with E-state index >= 15 is 0 Å². The zero-order valence-corrected chi connectivity index (χ0v) is 14.6. The summed E-state index contributed by atoms with van der Waals surface area (Å²) in [6.07, 6.45) is 4.00. The van der Waals surface area contributed by atoms with Gasteiger partial charge in [0.15, 0.2) is 0 Å². The van der Waals surface area contributed by atoms with Gasteiger partial charge >= 0.3 is 0 Å². The van der Waals surface area contributed by atoms with E-state index in [4.69, 9.17) is 4.74 Å². The quantitative estimate of drug-likeness (QED) is 0.537. The van der Waals surface area contributed by atoms with Crippen molar-refractivity contribution in [1.29, 1.82) is 0 Å². The minimum absolute atomic E-state index is 0.0134. The molecule has 0 aliphatic carbocycles. The molecule has 0 heterocycles. The van der Waals surface area contributed by atoms with Crippen LogP contribution >= 0.6 is 0 Å². The van der Waals surface area contributed by atoms with Crippen molar-refractivity contribution in [2.45, 2.75) is 38.2 Å². The molecule has 0 fully saturated rings. The van der Waals surface area contributed by atoms with Crippen LogP contribution < -0.4 is 5.32 Å². The topological polar surface area (TPSA) is 21.3 Å². The molecule has 1 N–H and O–H groups in total. The Balaban J connectivity index is 1.44. The second kappa shape index (κ2) is 11.0. The molecule has 25 heavy (non-hydrogen) atoms. The van der Waals surface area contributed by atoms with Crippen LogP contribution in [0.2, 0.25) is 0 Å². The Hall–Kier alpha value is -1.78. The van der Waals surface area contributed by atoms with Crippen molar-refractivity contribution >= 4 is 0 Å². The fourth-order valence-electron chi connectivity index (χ4n) is 2.60. The Morgan fingerprint density at radius 3 is 2.16 bits per heavy atom. The second-order valence-corrected chi connectivity index (χ2v) is 6.20. The van der Waals surface area contributed by atoms with E-state index in [1.54, 1.807) is 18.2 Å². The summed E-state index contributed by atoms with van der Waals surface area (Å²) in [6, 6.07) is 18.2. The van der Waals surface area contributed by atoms with Crippen LogP contribution in [0.25, 0.3) is 0 Å². The number of alkyl halides is 2. The van der Waals surface area contributed by atoms with Crippen LogP contribution in [0.5, 0.6) is 0 Å². The summed E-state index contributed by atoms with van der Waals surface area (Å²) in [7, 11) is 0. The maximum Gasteiger partial charge on any atom is 0.296 e. The van der Waals surface area contributed by atoms with Crippen molar-refractivity contribution in [3.8, 4) is 0 Å². The molecular weight excluding hydrogens is 320 g/mol. The van der Waals surface area contributed by atoms with Crippen LogP contribution in [0.15, 0.2) is 60.7 Å². The molecule has 2 nitrogen and oxygen atoms in total. The number of hydrogen-bond acceptors (Lipinski definition) is 2. The summed E-state index contributed by atoms with van der Waals surface area (Å²) in [4.78, 5) is 0. The number of benzene rings is 2. The summed E-state index contributed by atoms with van der Waals surface area (Å²) in [6.45, 7) is 1.70. The lowest BCUT2D eigenvalue weighted by molar-refractivity contribution is -0.0831. The highest BCUT2D eigenvalue weighted by molar-refractivity contribution is 5.19. The van der Waals surface area contributed by atoms with Gasteiger partial charge in [0.25, 0.3) is 5.92 Å². The van der Waals surface area contributed by atoms with Crippen molar-refractivity contribution in [3.63, 3.8) is 0 Å². The maximum absolute atomic E-state index is 13.9. The highest BCUT2D eigenvalue weighted by Crippen LogP contribution is 2.27. The predicted octanol–water partition coefficient (Wildman–Crippen LogP) is 5.15. The summed E-state index contributed by atoms with van der Waals surface area (Å²) < 4.78 is 32.9. The average molecular weight is 347 g/mol. The minimum atomic E-state index is -2.91. The number of ether oxygens (including phenoxy) is 1. The van der Waals surface area contributed by atoms with E-state index in [1.807, 2.05) is 18.2 Å². The van der Waals surface area contributed by atoms with Crippen molar-refractivity contribution < 1.29 is 13.5 Å². The molecule has 0 saturated heterocycles. The van der Waals surface area contributed by atoms with Crippen LogP contribution in [-0.2, 0) is 17.2 Å². The highest BCUT2D eigenvalue weighted by atomic mass is 19.3. The van der Waals surface area contributed by atoms with Crippen LogP contribution in [0.4, 0.5) is 8.78 Å². The number of unbranched alkanes of at least 4 members (excludes halogenated alkanes) is 3. The van der Waals surface area contributed by atoms with Crippen LogP contribution in [0.3, 0.4) is 0 Å². The monoisotopic (exact) mass is 347 g/mol. The Morgan fingerprint density at radius 2 is 1.44 bits per heavy atom. The zero-order chi connectivity index (χ0) is 17.8. The van der Waals surface area contributed by atoms with Crippen LogP contribution in [0, 0.1) is 0 Å².